The number of unbranched alkanes of at least 4 members (excludes halogenated alkanes) is 27. The van der Waals surface area contributed by atoms with E-state index in [1.807, 2.05) is 0 Å². The van der Waals surface area contributed by atoms with Gasteiger partial charge >= 0.3 is 0 Å². The summed E-state index contributed by atoms with van der Waals surface area (Å²) in [4.78, 5) is 2.25. The molecular weight excluding hydrogens is 835 g/mol. The molecule has 0 heterocycles. The van der Waals surface area contributed by atoms with Crippen LogP contribution >= 0.6 is 0 Å². The first-order valence-corrected chi connectivity index (χ1v) is 29.6. The molecule has 0 aliphatic rings. The topological polar surface area (TPSA) is 40.2 Å². The molecule has 0 spiro atoms. The Morgan fingerprint density at radius 3 is 0.971 bits per heavy atom. The largest absolute Gasteiger partial charge is 0.379 e. The normalized spacial score (nSPS) is 13.5. The molecule has 0 bridgehead atoms. The summed E-state index contributed by atoms with van der Waals surface area (Å²) < 4.78 is 25.5. The number of hydrogen-bond acceptors (Lipinski definition) is 5. The predicted molar refractivity (Wildman–Crippen MR) is 302 cm³/mol. The zero-order valence-corrected chi connectivity index (χ0v) is 46.3. The lowest BCUT2D eigenvalue weighted by Crippen LogP contribution is -2.31. The molecule has 0 saturated heterocycles. The molecule has 0 aromatic carbocycles. The molecule has 68 heavy (non-hydrogen) atoms. The predicted octanol–water partition coefficient (Wildman–Crippen LogP) is 19.2. The molecule has 0 aromatic rings. The van der Waals surface area contributed by atoms with E-state index < -0.39 is 0 Å². The van der Waals surface area contributed by atoms with Crippen LogP contribution in [0.15, 0.2) is 72.9 Å². The lowest BCUT2D eigenvalue weighted by Gasteiger charge is -2.23. The van der Waals surface area contributed by atoms with Gasteiger partial charge in [-0.15, -0.1) is 0 Å². The number of ether oxygens (including phenoxy) is 4. The SMILES string of the molecule is CCCCC/C=C\C/C=C\CCCCCCCCOCC(COCC(CCN(C)C)OCCCCCCCC/C=C\C/C=C\CCCCC)OCCCCCCCC/C=C\C/C=C\CCCCC. The molecule has 5 heteroatoms. The molecule has 0 aromatic heterocycles. The van der Waals surface area contributed by atoms with Crippen LogP contribution in [0.1, 0.15) is 258 Å². The minimum atomic E-state index is -0.0280. The highest BCUT2D eigenvalue weighted by Crippen LogP contribution is 2.13. The quantitative estimate of drug-likeness (QED) is 0.0449. The average Bonchev–Trinajstić information content (AvgIpc) is 3.34. The molecule has 398 valence electrons. The number of allylic oxidation sites excluding steroid dienone is 12. The van der Waals surface area contributed by atoms with Gasteiger partial charge in [-0.25, -0.2) is 0 Å². The highest BCUT2D eigenvalue weighted by Gasteiger charge is 2.15. The monoisotopic (exact) mass is 952 g/mol. The second-order valence-electron chi connectivity index (χ2n) is 19.9. The van der Waals surface area contributed by atoms with Gasteiger partial charge in [0.05, 0.1) is 25.9 Å². The molecule has 5 nitrogen and oxygen atoms in total. The van der Waals surface area contributed by atoms with E-state index in [1.165, 1.54) is 193 Å². The van der Waals surface area contributed by atoms with Gasteiger partial charge in [0.1, 0.15) is 6.10 Å². The first kappa shape index (κ1) is 66.2. The van der Waals surface area contributed by atoms with Crippen LogP contribution in [0.25, 0.3) is 0 Å². The summed E-state index contributed by atoms with van der Waals surface area (Å²) in [6.07, 6.45) is 74.6. The van der Waals surface area contributed by atoms with Crippen LogP contribution in [0.4, 0.5) is 0 Å². The van der Waals surface area contributed by atoms with Gasteiger partial charge in [-0.05, 0) is 136 Å². The molecule has 0 fully saturated rings. The van der Waals surface area contributed by atoms with Crippen LogP contribution in [0.5, 0.6) is 0 Å². The van der Waals surface area contributed by atoms with Gasteiger partial charge in [-0.2, -0.15) is 0 Å². The van der Waals surface area contributed by atoms with E-state index >= 15 is 0 Å². The number of hydrogen-bond donors (Lipinski definition) is 0. The minimum absolute atomic E-state index is 0.0280. The minimum Gasteiger partial charge on any atom is -0.379 e. The standard InChI is InChI=1S/C63H117NO4/c1-6-9-12-15-18-21-24-27-30-33-36-39-42-45-48-51-56-65-60-63(68-58-53-50-47-44-41-38-35-32-29-26-23-20-17-14-11-8-3)61-66-59-62(54-55-64(4)5)67-57-52-49-46-43-40-37-34-31-28-25-22-19-16-13-10-7-2/h18-23,27-32,62-63H,6-17,24-26,33-61H2,1-5H3/b21-18-,22-19-,23-20-,30-27-,31-28-,32-29-. The zero-order chi connectivity index (χ0) is 49.2. The maximum absolute atomic E-state index is 6.44. The molecule has 0 N–H and O–H groups in total. The molecule has 0 aliphatic carbocycles. The molecular formula is C63H117NO4. The maximum atomic E-state index is 6.44. The Kier molecular flexibility index (Phi) is 58.0. The summed E-state index contributed by atoms with van der Waals surface area (Å²) in [6, 6.07) is 0. The van der Waals surface area contributed by atoms with Gasteiger partial charge in [-0.3, -0.25) is 0 Å². The van der Waals surface area contributed by atoms with E-state index in [2.05, 4.69) is 113 Å². The van der Waals surface area contributed by atoms with Crippen molar-refractivity contribution in [1.29, 1.82) is 0 Å². The third-order valence-electron chi connectivity index (χ3n) is 12.7. The molecule has 2 atom stereocenters. The Labute approximate surface area is 425 Å². The van der Waals surface area contributed by atoms with Gasteiger partial charge < -0.3 is 23.8 Å². The van der Waals surface area contributed by atoms with Gasteiger partial charge in [0.25, 0.3) is 0 Å². The van der Waals surface area contributed by atoms with Gasteiger partial charge in [0.2, 0.25) is 0 Å². The van der Waals surface area contributed by atoms with Gasteiger partial charge in [-0.1, -0.05) is 209 Å². The van der Waals surface area contributed by atoms with Crippen molar-refractivity contribution in [2.75, 3.05) is 60.3 Å². The van der Waals surface area contributed by atoms with Gasteiger partial charge in [0, 0.05) is 26.4 Å². The Hall–Kier alpha value is -1.76. The van der Waals surface area contributed by atoms with Crippen molar-refractivity contribution in [3.8, 4) is 0 Å². The summed E-state index contributed by atoms with van der Waals surface area (Å²) in [5.41, 5.74) is 0. The van der Waals surface area contributed by atoms with Crippen LogP contribution in [-0.2, 0) is 18.9 Å². The van der Waals surface area contributed by atoms with Gasteiger partial charge in [0.15, 0.2) is 0 Å². The molecule has 0 aliphatic heterocycles. The second kappa shape index (κ2) is 59.5. The second-order valence-corrected chi connectivity index (χ2v) is 19.9. The molecule has 0 radical (unpaired) electrons. The summed E-state index contributed by atoms with van der Waals surface area (Å²) >= 11 is 0. The van der Waals surface area contributed by atoms with Crippen LogP contribution < -0.4 is 0 Å². The fourth-order valence-corrected chi connectivity index (χ4v) is 8.18. The van der Waals surface area contributed by atoms with Crippen LogP contribution in [0.3, 0.4) is 0 Å². The van der Waals surface area contributed by atoms with E-state index in [9.17, 15) is 0 Å². The number of rotatable bonds is 56. The van der Waals surface area contributed by atoms with E-state index in [1.54, 1.807) is 0 Å². The van der Waals surface area contributed by atoms with E-state index in [0.717, 1.165) is 71.3 Å². The van der Waals surface area contributed by atoms with E-state index in [4.69, 9.17) is 18.9 Å². The Morgan fingerprint density at radius 2 is 0.603 bits per heavy atom. The Morgan fingerprint density at radius 1 is 0.309 bits per heavy atom. The Bertz CT molecular complexity index is 1120. The van der Waals surface area contributed by atoms with Crippen molar-refractivity contribution in [2.45, 2.75) is 271 Å². The highest BCUT2D eigenvalue weighted by molar-refractivity contribution is 4.94. The number of nitrogens with zero attached hydrogens (tertiary/aromatic N) is 1. The fraction of sp³-hybridized carbons (Fsp3) is 0.810. The summed E-state index contributed by atoms with van der Waals surface area (Å²) in [6.45, 7) is 12.0. The molecule has 0 saturated carbocycles. The molecule has 2 unspecified atom stereocenters. The van der Waals surface area contributed by atoms with Crippen molar-refractivity contribution in [1.82, 2.24) is 4.90 Å². The molecule has 0 rings (SSSR count). The van der Waals surface area contributed by atoms with Crippen molar-refractivity contribution in [3.63, 3.8) is 0 Å². The lowest BCUT2D eigenvalue weighted by atomic mass is 10.1. The van der Waals surface area contributed by atoms with E-state index in [-0.39, 0.29) is 12.2 Å². The highest BCUT2D eigenvalue weighted by atomic mass is 16.6. The van der Waals surface area contributed by atoms with Crippen molar-refractivity contribution in [2.24, 2.45) is 0 Å². The summed E-state index contributed by atoms with van der Waals surface area (Å²) in [5, 5.41) is 0. The third-order valence-corrected chi connectivity index (χ3v) is 12.7. The fourth-order valence-electron chi connectivity index (χ4n) is 8.18. The first-order valence-electron chi connectivity index (χ1n) is 29.6. The van der Waals surface area contributed by atoms with Crippen molar-refractivity contribution >= 4 is 0 Å². The van der Waals surface area contributed by atoms with Crippen LogP contribution in [-0.4, -0.2) is 77.4 Å². The van der Waals surface area contributed by atoms with E-state index in [0.29, 0.717) is 19.8 Å². The lowest BCUT2D eigenvalue weighted by molar-refractivity contribution is -0.0836. The Balaban J connectivity index is 4.53. The zero-order valence-electron chi connectivity index (χ0n) is 46.3. The van der Waals surface area contributed by atoms with Crippen molar-refractivity contribution in [3.05, 3.63) is 72.9 Å². The summed E-state index contributed by atoms with van der Waals surface area (Å²) in [5.74, 6) is 0. The van der Waals surface area contributed by atoms with Crippen LogP contribution in [0, 0.1) is 0 Å². The third kappa shape index (κ3) is 56.8. The maximum Gasteiger partial charge on any atom is 0.104 e. The molecule has 0 amide bonds. The summed E-state index contributed by atoms with van der Waals surface area (Å²) in [7, 11) is 4.29. The average molecular weight is 953 g/mol. The smallest absolute Gasteiger partial charge is 0.104 e. The van der Waals surface area contributed by atoms with Crippen LogP contribution in [0.2, 0.25) is 0 Å². The first-order chi connectivity index (χ1) is 33.6. The van der Waals surface area contributed by atoms with Crippen molar-refractivity contribution < 1.29 is 18.9 Å².